The molecule has 0 saturated carbocycles. The third-order valence-electron chi connectivity index (χ3n) is 3.61. The van der Waals surface area contributed by atoms with E-state index in [9.17, 15) is 14.4 Å². The molecule has 7 nitrogen and oxygen atoms in total. The van der Waals surface area contributed by atoms with Crippen molar-refractivity contribution in [2.45, 2.75) is 39.2 Å². The van der Waals surface area contributed by atoms with Crippen LogP contribution in [-0.4, -0.2) is 43.5 Å². The molecule has 0 saturated heterocycles. The normalized spacial score (nSPS) is 13.0. The van der Waals surface area contributed by atoms with E-state index in [1.165, 1.54) is 0 Å². The number of hydrogen-bond acceptors (Lipinski definition) is 5. The van der Waals surface area contributed by atoms with Crippen LogP contribution in [-0.2, 0) is 14.3 Å². The molecule has 1 aliphatic rings. The molecule has 0 aliphatic carbocycles. The first kappa shape index (κ1) is 18.9. The fraction of sp³-hybridized carbons (Fsp3) is 0.500. The van der Waals surface area contributed by atoms with Gasteiger partial charge in [0.2, 0.25) is 5.91 Å². The Morgan fingerprint density at radius 1 is 1.32 bits per heavy atom. The van der Waals surface area contributed by atoms with Crippen molar-refractivity contribution in [3.8, 4) is 5.75 Å². The largest absolute Gasteiger partial charge is 0.482 e. The highest BCUT2D eigenvalue weighted by molar-refractivity contribution is 6.01. The van der Waals surface area contributed by atoms with Gasteiger partial charge in [0.15, 0.2) is 12.4 Å². The summed E-state index contributed by atoms with van der Waals surface area (Å²) >= 11 is 0. The highest BCUT2D eigenvalue weighted by Crippen LogP contribution is 2.28. The molecule has 1 aromatic carbocycles. The Hall–Kier alpha value is -2.41. The molecule has 0 fully saturated rings. The molecule has 0 unspecified atom stereocenters. The Kier molecular flexibility index (Phi) is 6.94. The van der Waals surface area contributed by atoms with E-state index in [0.29, 0.717) is 30.2 Å². The van der Waals surface area contributed by atoms with Gasteiger partial charge in [0, 0.05) is 31.6 Å². The van der Waals surface area contributed by atoms with E-state index >= 15 is 0 Å². The Labute approximate surface area is 147 Å². The smallest absolute Gasteiger partial charge is 0.262 e. The number of carbonyl (C=O) groups is 3. The quantitative estimate of drug-likeness (QED) is 0.525. The molecule has 0 spiro atoms. The molecular weight excluding hydrogens is 324 g/mol. The molecule has 2 amide bonds. The van der Waals surface area contributed by atoms with Gasteiger partial charge < -0.3 is 20.1 Å². The molecule has 2 N–H and O–H groups in total. The third-order valence-corrected chi connectivity index (χ3v) is 3.61. The molecule has 1 aliphatic heterocycles. The number of benzene rings is 1. The molecule has 1 heterocycles. The van der Waals surface area contributed by atoms with E-state index in [2.05, 4.69) is 10.6 Å². The van der Waals surface area contributed by atoms with E-state index in [0.717, 1.165) is 6.42 Å². The van der Waals surface area contributed by atoms with E-state index in [-0.39, 0.29) is 43.2 Å². The molecule has 0 atom stereocenters. The first-order valence-electron chi connectivity index (χ1n) is 8.44. The van der Waals surface area contributed by atoms with Gasteiger partial charge in [-0.15, -0.1) is 0 Å². The average Bonchev–Trinajstić information content (AvgIpc) is 2.58. The lowest BCUT2D eigenvalue weighted by atomic mass is 10.0. The van der Waals surface area contributed by atoms with Gasteiger partial charge >= 0.3 is 0 Å². The van der Waals surface area contributed by atoms with Gasteiger partial charge in [-0.25, -0.2) is 0 Å². The summed E-state index contributed by atoms with van der Waals surface area (Å²) in [6.45, 7) is 5.02. The maximum atomic E-state index is 12.2. The van der Waals surface area contributed by atoms with Gasteiger partial charge in [0.1, 0.15) is 5.75 Å². The van der Waals surface area contributed by atoms with Gasteiger partial charge in [0.05, 0.1) is 11.8 Å². The summed E-state index contributed by atoms with van der Waals surface area (Å²) in [5.41, 5.74) is 0.930. The second-order valence-corrected chi connectivity index (χ2v) is 6.09. The maximum Gasteiger partial charge on any atom is 0.262 e. The van der Waals surface area contributed by atoms with Crippen molar-refractivity contribution in [1.82, 2.24) is 5.32 Å². The summed E-state index contributed by atoms with van der Waals surface area (Å²) < 4.78 is 10.6. The fourth-order valence-electron chi connectivity index (χ4n) is 2.34. The first-order valence-corrected chi connectivity index (χ1v) is 8.44. The summed E-state index contributed by atoms with van der Waals surface area (Å²) in [6, 6.07) is 4.87. The molecule has 0 aromatic heterocycles. The number of ether oxygens (including phenoxy) is 2. The summed E-state index contributed by atoms with van der Waals surface area (Å²) in [6.07, 6.45) is 1.16. The fourth-order valence-corrected chi connectivity index (χ4v) is 2.34. The van der Waals surface area contributed by atoms with Crippen molar-refractivity contribution < 1.29 is 23.9 Å². The van der Waals surface area contributed by atoms with E-state index < -0.39 is 0 Å². The van der Waals surface area contributed by atoms with Crippen molar-refractivity contribution >= 4 is 23.3 Å². The highest BCUT2D eigenvalue weighted by Gasteiger charge is 2.18. The van der Waals surface area contributed by atoms with Gasteiger partial charge in [0.25, 0.3) is 5.91 Å². The molecular formula is C18H24N2O5. The second kappa shape index (κ2) is 9.17. The van der Waals surface area contributed by atoms with Crippen molar-refractivity contribution in [2.24, 2.45) is 0 Å². The summed E-state index contributed by atoms with van der Waals surface area (Å²) in [7, 11) is 0. The van der Waals surface area contributed by atoms with Crippen LogP contribution in [0.2, 0.25) is 0 Å². The molecule has 0 bridgehead atoms. The Balaban J connectivity index is 1.74. The minimum Gasteiger partial charge on any atom is -0.482 e. The van der Waals surface area contributed by atoms with Crippen LogP contribution in [0.4, 0.5) is 5.69 Å². The maximum absolute atomic E-state index is 12.2. The second-order valence-electron chi connectivity index (χ2n) is 6.09. The molecule has 1 aromatic rings. The lowest BCUT2D eigenvalue weighted by molar-refractivity contribution is -0.121. The summed E-state index contributed by atoms with van der Waals surface area (Å²) in [5.74, 6) is -0.0242. The third kappa shape index (κ3) is 6.19. The van der Waals surface area contributed by atoms with Crippen LogP contribution >= 0.6 is 0 Å². The first-order chi connectivity index (χ1) is 12.0. The van der Waals surface area contributed by atoms with Gasteiger partial charge in [-0.1, -0.05) is 0 Å². The monoisotopic (exact) mass is 348 g/mol. The van der Waals surface area contributed by atoms with Gasteiger partial charge in [-0.2, -0.15) is 0 Å². The Bertz CT molecular complexity index is 642. The Morgan fingerprint density at radius 2 is 2.12 bits per heavy atom. The molecule has 7 heteroatoms. The number of carbonyl (C=O) groups excluding carboxylic acids is 3. The van der Waals surface area contributed by atoms with Crippen LogP contribution in [0.25, 0.3) is 0 Å². The van der Waals surface area contributed by atoms with Crippen LogP contribution in [0.15, 0.2) is 18.2 Å². The molecule has 136 valence electrons. The van der Waals surface area contributed by atoms with Crippen LogP contribution in [0.3, 0.4) is 0 Å². The van der Waals surface area contributed by atoms with E-state index in [1.54, 1.807) is 18.2 Å². The number of amides is 2. The zero-order chi connectivity index (χ0) is 18.2. The van der Waals surface area contributed by atoms with E-state index in [1.807, 2.05) is 13.8 Å². The van der Waals surface area contributed by atoms with Crippen molar-refractivity contribution in [2.75, 3.05) is 25.1 Å². The molecule has 0 radical (unpaired) electrons. The topological polar surface area (TPSA) is 93.7 Å². The van der Waals surface area contributed by atoms with Crippen molar-refractivity contribution in [1.29, 1.82) is 0 Å². The van der Waals surface area contributed by atoms with Gasteiger partial charge in [-0.3, -0.25) is 14.4 Å². The minimum atomic E-state index is -0.252. The zero-order valence-electron chi connectivity index (χ0n) is 14.6. The number of Topliss-reactive ketones (excluding diaryl/α,β-unsaturated/α-hetero) is 1. The van der Waals surface area contributed by atoms with Crippen LogP contribution < -0.4 is 15.4 Å². The van der Waals surface area contributed by atoms with E-state index in [4.69, 9.17) is 9.47 Å². The molecule has 2 rings (SSSR count). The van der Waals surface area contributed by atoms with Crippen LogP contribution in [0, 0.1) is 0 Å². The number of fused-ring (bicyclic) bond motifs is 1. The molecule has 25 heavy (non-hydrogen) atoms. The Morgan fingerprint density at radius 3 is 2.88 bits per heavy atom. The predicted molar refractivity (Wildman–Crippen MR) is 92.8 cm³/mol. The highest BCUT2D eigenvalue weighted by atomic mass is 16.5. The number of rotatable bonds is 9. The zero-order valence-corrected chi connectivity index (χ0v) is 14.6. The SMILES string of the molecule is CC(C)OCCCNC(=O)CCC(=O)c1ccc2c(c1)NC(=O)CO2. The lowest BCUT2D eigenvalue weighted by Gasteiger charge is -2.18. The predicted octanol–water partition coefficient (Wildman–Crippen LogP) is 1.91. The van der Waals surface area contributed by atoms with Crippen molar-refractivity contribution in [3.05, 3.63) is 23.8 Å². The van der Waals surface area contributed by atoms with Crippen molar-refractivity contribution in [3.63, 3.8) is 0 Å². The summed E-state index contributed by atoms with van der Waals surface area (Å²) in [4.78, 5) is 35.3. The van der Waals surface area contributed by atoms with Gasteiger partial charge in [-0.05, 0) is 38.5 Å². The standard InChI is InChI=1S/C18H24N2O5/c1-12(2)24-9-3-8-19-17(22)7-5-15(21)13-4-6-16-14(10-13)20-18(23)11-25-16/h4,6,10,12H,3,5,7-9,11H2,1-2H3,(H,19,22)(H,20,23). The lowest BCUT2D eigenvalue weighted by Crippen LogP contribution is -2.26. The average molecular weight is 348 g/mol. The number of nitrogens with one attached hydrogen (secondary N) is 2. The minimum absolute atomic E-state index is 0.0251. The number of hydrogen-bond donors (Lipinski definition) is 2. The van der Waals surface area contributed by atoms with Crippen LogP contribution in [0.5, 0.6) is 5.75 Å². The number of anilines is 1. The van der Waals surface area contributed by atoms with Crippen LogP contribution in [0.1, 0.15) is 43.5 Å². The number of ketones is 1. The summed E-state index contributed by atoms with van der Waals surface area (Å²) in [5, 5.41) is 5.43.